The molecule has 0 fully saturated rings. The molecule has 4 heteroatoms. The summed E-state index contributed by atoms with van der Waals surface area (Å²) in [6.45, 7) is 24.8. The molecule has 0 spiro atoms. The second-order valence-corrected chi connectivity index (χ2v) is 13.0. The third-order valence-corrected chi connectivity index (χ3v) is 6.63. The highest BCUT2D eigenvalue weighted by Crippen LogP contribution is 2.53. The van der Waals surface area contributed by atoms with Crippen LogP contribution in [0.2, 0.25) is 0 Å². The molecule has 0 saturated heterocycles. The van der Waals surface area contributed by atoms with E-state index in [-0.39, 0.29) is 16.2 Å². The van der Waals surface area contributed by atoms with E-state index in [1.807, 2.05) is 0 Å². The van der Waals surface area contributed by atoms with Gasteiger partial charge in [-0.1, -0.05) is 97.7 Å². The molecule has 0 N–H and O–H groups in total. The van der Waals surface area contributed by atoms with E-state index in [2.05, 4.69) is 100 Å². The van der Waals surface area contributed by atoms with Crippen LogP contribution in [0.15, 0.2) is 24.3 Å². The summed E-state index contributed by atoms with van der Waals surface area (Å²) >= 11 is 0. The van der Waals surface area contributed by atoms with Crippen LogP contribution in [0.5, 0.6) is 11.5 Å². The second kappa shape index (κ2) is 8.09. The molecule has 1 aliphatic heterocycles. The van der Waals surface area contributed by atoms with E-state index in [0.29, 0.717) is 6.61 Å². The molecular weight excluding hydrogens is 403 g/mol. The standard InChI is InChI=1S/C27H39O3P/c1-17-12-19-16-28-31(29-23(19)20(13-17)25(3,4)5)30-24-21(26(6,7)8)14-18(2)15-22(24)27(9,10)11/h12-15H,16H2,1-11H3. The first-order valence-corrected chi connectivity index (χ1v) is 12.3. The topological polar surface area (TPSA) is 27.7 Å². The van der Waals surface area contributed by atoms with Gasteiger partial charge >= 0.3 is 8.60 Å². The fourth-order valence-corrected chi connectivity index (χ4v) is 5.05. The van der Waals surface area contributed by atoms with Crippen molar-refractivity contribution in [1.29, 1.82) is 0 Å². The smallest absolute Gasteiger partial charge is 0.417 e. The zero-order valence-electron chi connectivity index (χ0n) is 21.2. The minimum Gasteiger partial charge on any atom is -0.417 e. The maximum Gasteiger partial charge on any atom is 0.463 e. The molecule has 31 heavy (non-hydrogen) atoms. The normalized spacial score (nSPS) is 17.2. The van der Waals surface area contributed by atoms with E-state index in [0.717, 1.165) is 17.1 Å². The highest BCUT2D eigenvalue weighted by molar-refractivity contribution is 7.42. The van der Waals surface area contributed by atoms with Gasteiger partial charge in [-0.25, -0.2) is 0 Å². The summed E-state index contributed by atoms with van der Waals surface area (Å²) < 4.78 is 19.2. The molecule has 1 unspecified atom stereocenters. The van der Waals surface area contributed by atoms with Crippen LogP contribution in [0, 0.1) is 13.8 Å². The van der Waals surface area contributed by atoms with Gasteiger partial charge in [-0.2, -0.15) is 0 Å². The Bertz CT molecular complexity index is 937. The van der Waals surface area contributed by atoms with Gasteiger partial charge in [0.1, 0.15) is 11.5 Å². The van der Waals surface area contributed by atoms with Gasteiger partial charge in [-0.3, -0.25) is 4.52 Å². The fraction of sp³-hybridized carbons (Fsp3) is 0.556. The minimum atomic E-state index is -1.54. The first-order valence-electron chi connectivity index (χ1n) is 11.2. The van der Waals surface area contributed by atoms with Crippen LogP contribution in [0.4, 0.5) is 0 Å². The Kier molecular flexibility index (Phi) is 6.28. The summed E-state index contributed by atoms with van der Waals surface area (Å²) in [5.41, 5.74) is 7.03. The molecule has 2 aromatic carbocycles. The van der Waals surface area contributed by atoms with Crippen molar-refractivity contribution in [2.45, 2.75) is 99.0 Å². The van der Waals surface area contributed by atoms with Gasteiger partial charge in [0.25, 0.3) is 0 Å². The minimum absolute atomic E-state index is 0.0224. The molecule has 0 bridgehead atoms. The lowest BCUT2D eigenvalue weighted by Gasteiger charge is -2.34. The summed E-state index contributed by atoms with van der Waals surface area (Å²) in [5.74, 6) is 1.83. The molecule has 1 atom stereocenters. The van der Waals surface area contributed by atoms with Crippen LogP contribution in [-0.2, 0) is 27.4 Å². The third kappa shape index (κ3) is 5.26. The van der Waals surface area contributed by atoms with Gasteiger partial charge in [0.05, 0.1) is 6.61 Å². The monoisotopic (exact) mass is 442 g/mol. The average molecular weight is 443 g/mol. The predicted octanol–water partition coefficient (Wildman–Crippen LogP) is 8.41. The Balaban J connectivity index is 2.06. The number of fused-ring (bicyclic) bond motifs is 1. The molecule has 3 nitrogen and oxygen atoms in total. The predicted molar refractivity (Wildman–Crippen MR) is 131 cm³/mol. The Labute approximate surface area is 190 Å². The van der Waals surface area contributed by atoms with Crippen molar-refractivity contribution >= 4 is 8.60 Å². The van der Waals surface area contributed by atoms with Gasteiger partial charge in [0.2, 0.25) is 0 Å². The maximum absolute atomic E-state index is 6.60. The van der Waals surface area contributed by atoms with E-state index in [9.17, 15) is 0 Å². The van der Waals surface area contributed by atoms with E-state index >= 15 is 0 Å². The van der Waals surface area contributed by atoms with Crippen molar-refractivity contribution in [2.24, 2.45) is 0 Å². The van der Waals surface area contributed by atoms with Crippen LogP contribution < -0.4 is 9.05 Å². The Hall–Kier alpha value is -1.57. The van der Waals surface area contributed by atoms with Gasteiger partial charge in [0.15, 0.2) is 0 Å². The first kappa shape index (κ1) is 24.1. The molecule has 0 aliphatic carbocycles. The van der Waals surface area contributed by atoms with Crippen LogP contribution in [0.3, 0.4) is 0 Å². The van der Waals surface area contributed by atoms with Crippen LogP contribution >= 0.6 is 8.60 Å². The lowest BCUT2D eigenvalue weighted by Crippen LogP contribution is -2.21. The largest absolute Gasteiger partial charge is 0.463 e. The molecule has 2 aromatic rings. The number of aryl methyl sites for hydroxylation is 2. The molecule has 170 valence electrons. The summed E-state index contributed by atoms with van der Waals surface area (Å²) in [6, 6.07) is 8.86. The summed E-state index contributed by atoms with van der Waals surface area (Å²) in [6.07, 6.45) is 0. The van der Waals surface area contributed by atoms with E-state index in [4.69, 9.17) is 13.6 Å². The van der Waals surface area contributed by atoms with Crippen molar-refractivity contribution in [3.05, 3.63) is 57.6 Å². The molecule has 0 radical (unpaired) electrons. The second-order valence-electron chi connectivity index (χ2n) is 11.9. The van der Waals surface area contributed by atoms with Crippen molar-refractivity contribution in [3.8, 4) is 11.5 Å². The highest BCUT2D eigenvalue weighted by atomic mass is 31.2. The van der Waals surface area contributed by atoms with Gasteiger partial charge in [-0.05, 0) is 30.1 Å². The molecule has 0 amide bonds. The molecule has 3 rings (SSSR count). The number of hydrogen-bond acceptors (Lipinski definition) is 3. The molecule has 0 aromatic heterocycles. The molecular formula is C27H39O3P. The fourth-order valence-electron chi connectivity index (χ4n) is 3.95. The lowest BCUT2D eigenvalue weighted by atomic mass is 9.78. The van der Waals surface area contributed by atoms with E-state index < -0.39 is 8.60 Å². The number of rotatable bonds is 2. The Morgan fingerprint density at radius 1 is 0.710 bits per heavy atom. The van der Waals surface area contributed by atoms with Crippen molar-refractivity contribution in [1.82, 2.24) is 0 Å². The highest BCUT2D eigenvalue weighted by Gasteiger charge is 2.34. The summed E-state index contributed by atoms with van der Waals surface area (Å²) in [7, 11) is -1.54. The van der Waals surface area contributed by atoms with Gasteiger partial charge in [0, 0.05) is 22.3 Å². The van der Waals surface area contributed by atoms with Gasteiger partial charge < -0.3 is 9.05 Å². The summed E-state index contributed by atoms with van der Waals surface area (Å²) in [5, 5.41) is 0. The van der Waals surface area contributed by atoms with Crippen LogP contribution in [-0.4, -0.2) is 0 Å². The first-order chi connectivity index (χ1) is 14.1. The van der Waals surface area contributed by atoms with E-state index in [1.54, 1.807) is 0 Å². The third-order valence-electron chi connectivity index (χ3n) is 5.62. The zero-order valence-corrected chi connectivity index (χ0v) is 22.1. The van der Waals surface area contributed by atoms with Crippen molar-refractivity contribution in [2.75, 3.05) is 0 Å². The van der Waals surface area contributed by atoms with Crippen molar-refractivity contribution in [3.63, 3.8) is 0 Å². The quantitative estimate of drug-likeness (QED) is 0.437. The maximum atomic E-state index is 6.60. The van der Waals surface area contributed by atoms with Crippen LogP contribution in [0.25, 0.3) is 0 Å². The average Bonchev–Trinajstić information content (AvgIpc) is 2.59. The number of benzene rings is 2. The lowest BCUT2D eigenvalue weighted by molar-refractivity contribution is 0.228. The zero-order chi connectivity index (χ0) is 23.4. The molecule has 0 saturated carbocycles. The number of hydrogen-bond donors (Lipinski definition) is 0. The van der Waals surface area contributed by atoms with Crippen LogP contribution in [0.1, 0.15) is 95.7 Å². The van der Waals surface area contributed by atoms with Gasteiger partial charge in [-0.15, -0.1) is 0 Å². The Morgan fingerprint density at radius 2 is 1.16 bits per heavy atom. The Morgan fingerprint density at radius 3 is 1.65 bits per heavy atom. The molecule has 1 aliphatic rings. The van der Waals surface area contributed by atoms with Crippen molar-refractivity contribution < 1.29 is 13.6 Å². The molecule has 1 heterocycles. The SMILES string of the molecule is Cc1cc2c(c(C(C)(C)C)c1)OP(Oc1c(C(C)(C)C)cc(C)cc1C(C)(C)C)OC2. The van der Waals surface area contributed by atoms with E-state index in [1.165, 1.54) is 27.8 Å². The summed E-state index contributed by atoms with van der Waals surface area (Å²) in [4.78, 5) is 0.